The summed E-state index contributed by atoms with van der Waals surface area (Å²) < 4.78 is 1.99. The summed E-state index contributed by atoms with van der Waals surface area (Å²) in [5.41, 5.74) is 2.33. The van der Waals surface area contributed by atoms with Crippen molar-refractivity contribution in [2.24, 2.45) is 0 Å². The molecule has 2 rings (SSSR count). The number of thiazole rings is 1. The van der Waals surface area contributed by atoms with Crippen molar-refractivity contribution in [2.45, 2.75) is 52.7 Å². The second-order valence-electron chi connectivity index (χ2n) is 5.25. The Hall–Kier alpha value is -1.20. The highest BCUT2D eigenvalue weighted by molar-refractivity contribution is 7.09. The highest BCUT2D eigenvalue weighted by atomic mass is 32.1. The zero-order valence-corrected chi connectivity index (χ0v) is 13.0. The largest absolute Gasteiger partial charge is 0.302 e. The molecule has 2 heterocycles. The Bertz CT molecular complexity index is 529. The first-order valence-corrected chi connectivity index (χ1v) is 7.57. The zero-order chi connectivity index (χ0) is 14.0. The van der Waals surface area contributed by atoms with E-state index in [1.165, 1.54) is 5.56 Å². The molecule has 0 fully saturated rings. The van der Waals surface area contributed by atoms with Crippen LogP contribution in [0.5, 0.6) is 0 Å². The van der Waals surface area contributed by atoms with Crippen LogP contribution in [0.15, 0.2) is 17.8 Å². The van der Waals surface area contributed by atoms with Gasteiger partial charge in [0, 0.05) is 35.3 Å². The quantitative estimate of drug-likeness (QED) is 0.908. The van der Waals surface area contributed by atoms with E-state index in [0.717, 1.165) is 10.7 Å². The van der Waals surface area contributed by atoms with Gasteiger partial charge in [-0.3, -0.25) is 4.68 Å². The van der Waals surface area contributed by atoms with Crippen LogP contribution in [-0.4, -0.2) is 14.8 Å². The van der Waals surface area contributed by atoms with E-state index in [0.29, 0.717) is 6.04 Å². The maximum atomic E-state index is 4.53. The van der Waals surface area contributed by atoms with Crippen LogP contribution in [-0.2, 0) is 0 Å². The molecule has 4 nitrogen and oxygen atoms in total. The fourth-order valence-electron chi connectivity index (χ4n) is 1.99. The molecule has 104 valence electrons. The lowest BCUT2D eigenvalue weighted by Gasteiger charge is -2.17. The van der Waals surface area contributed by atoms with Gasteiger partial charge in [-0.2, -0.15) is 5.10 Å². The minimum atomic E-state index is 0.252. The van der Waals surface area contributed by atoms with Crippen LogP contribution in [0.1, 0.15) is 62.1 Å². The number of nitrogens with zero attached hydrogens (tertiary/aromatic N) is 3. The summed E-state index contributed by atoms with van der Waals surface area (Å²) in [6.07, 6.45) is 4.05. The Morgan fingerprint density at radius 3 is 2.47 bits per heavy atom. The molecule has 2 aromatic heterocycles. The normalized spacial score (nSPS) is 14.8. The minimum absolute atomic E-state index is 0.252. The summed E-state index contributed by atoms with van der Waals surface area (Å²) in [4.78, 5) is 4.53. The lowest BCUT2D eigenvalue weighted by Crippen LogP contribution is -2.22. The SMILES string of the molecule is Cc1nc([C@@H](C)N[C@@H](C)c2cnn(C(C)C)c2)cs1. The first-order chi connectivity index (χ1) is 8.97. The van der Waals surface area contributed by atoms with E-state index in [1.807, 2.05) is 17.8 Å². The highest BCUT2D eigenvalue weighted by Crippen LogP contribution is 2.21. The maximum absolute atomic E-state index is 4.53. The van der Waals surface area contributed by atoms with E-state index in [1.54, 1.807) is 11.3 Å². The van der Waals surface area contributed by atoms with Gasteiger partial charge in [0.15, 0.2) is 0 Å². The third-order valence-corrected chi connectivity index (χ3v) is 4.02. The third-order valence-electron chi connectivity index (χ3n) is 3.23. The van der Waals surface area contributed by atoms with Crippen molar-refractivity contribution in [1.82, 2.24) is 20.1 Å². The van der Waals surface area contributed by atoms with Crippen molar-refractivity contribution in [2.75, 3.05) is 0 Å². The summed E-state index contributed by atoms with van der Waals surface area (Å²) in [5, 5.41) is 11.2. The van der Waals surface area contributed by atoms with Crippen LogP contribution in [0.3, 0.4) is 0 Å². The molecule has 2 atom stereocenters. The molecule has 0 unspecified atom stereocenters. The van der Waals surface area contributed by atoms with Crippen LogP contribution < -0.4 is 5.32 Å². The fraction of sp³-hybridized carbons (Fsp3) is 0.571. The van der Waals surface area contributed by atoms with Crippen molar-refractivity contribution in [3.8, 4) is 0 Å². The van der Waals surface area contributed by atoms with E-state index in [2.05, 4.69) is 54.7 Å². The van der Waals surface area contributed by atoms with Gasteiger partial charge in [-0.05, 0) is 34.6 Å². The molecule has 1 N–H and O–H groups in total. The number of hydrogen-bond acceptors (Lipinski definition) is 4. The zero-order valence-electron chi connectivity index (χ0n) is 12.2. The maximum Gasteiger partial charge on any atom is 0.0898 e. The average molecular weight is 278 g/mol. The fourth-order valence-corrected chi connectivity index (χ4v) is 2.70. The summed E-state index contributed by atoms with van der Waals surface area (Å²) in [6, 6.07) is 0.923. The molecule has 0 saturated heterocycles. The molecule has 0 amide bonds. The Kier molecular flexibility index (Phi) is 4.37. The van der Waals surface area contributed by atoms with Gasteiger partial charge in [-0.25, -0.2) is 4.98 Å². The second-order valence-corrected chi connectivity index (χ2v) is 6.31. The van der Waals surface area contributed by atoms with Crippen LogP contribution in [0, 0.1) is 6.92 Å². The van der Waals surface area contributed by atoms with Gasteiger partial charge >= 0.3 is 0 Å². The molecule has 0 aliphatic rings. The predicted molar refractivity (Wildman–Crippen MR) is 79.4 cm³/mol. The van der Waals surface area contributed by atoms with Gasteiger partial charge in [0.05, 0.1) is 16.9 Å². The summed E-state index contributed by atoms with van der Waals surface area (Å²) in [7, 11) is 0. The van der Waals surface area contributed by atoms with Crippen LogP contribution in [0.25, 0.3) is 0 Å². The number of hydrogen-bond donors (Lipinski definition) is 1. The van der Waals surface area contributed by atoms with E-state index in [4.69, 9.17) is 0 Å². The number of rotatable bonds is 5. The predicted octanol–water partition coefficient (Wildman–Crippen LogP) is 3.64. The number of aromatic nitrogens is 3. The molecule has 0 radical (unpaired) electrons. The molecule has 0 aliphatic carbocycles. The summed E-state index contributed by atoms with van der Waals surface area (Å²) in [6.45, 7) is 10.6. The topological polar surface area (TPSA) is 42.7 Å². The molecule has 0 bridgehead atoms. The molecule has 0 spiro atoms. The first kappa shape index (κ1) is 14.2. The number of aryl methyl sites for hydroxylation is 1. The van der Waals surface area contributed by atoms with Crippen molar-refractivity contribution in [3.05, 3.63) is 34.0 Å². The molecular formula is C14H22N4S. The Morgan fingerprint density at radius 1 is 1.21 bits per heavy atom. The van der Waals surface area contributed by atoms with Crippen LogP contribution in [0.4, 0.5) is 0 Å². The van der Waals surface area contributed by atoms with E-state index in [-0.39, 0.29) is 12.1 Å². The summed E-state index contributed by atoms with van der Waals surface area (Å²) in [5.74, 6) is 0. The van der Waals surface area contributed by atoms with Crippen molar-refractivity contribution in [3.63, 3.8) is 0 Å². The average Bonchev–Trinajstić information content (AvgIpc) is 2.96. The van der Waals surface area contributed by atoms with Gasteiger partial charge in [0.2, 0.25) is 0 Å². The molecule has 0 aliphatic heterocycles. The Morgan fingerprint density at radius 2 is 1.95 bits per heavy atom. The first-order valence-electron chi connectivity index (χ1n) is 6.69. The smallest absolute Gasteiger partial charge is 0.0898 e. The Balaban J connectivity index is 2.01. The van der Waals surface area contributed by atoms with Crippen molar-refractivity contribution >= 4 is 11.3 Å². The number of nitrogens with one attached hydrogen (secondary N) is 1. The molecule has 19 heavy (non-hydrogen) atoms. The molecule has 2 aromatic rings. The Labute approximate surface area is 118 Å². The minimum Gasteiger partial charge on any atom is -0.302 e. The van der Waals surface area contributed by atoms with Crippen molar-refractivity contribution in [1.29, 1.82) is 0 Å². The van der Waals surface area contributed by atoms with Gasteiger partial charge < -0.3 is 5.32 Å². The standard InChI is InChI=1S/C14H22N4S/c1-9(2)18-7-13(6-15-18)10(3)16-11(4)14-8-19-12(5)17-14/h6-11,16H,1-5H3/t10-,11+/m0/s1. The third kappa shape index (κ3) is 3.42. The van der Waals surface area contributed by atoms with Gasteiger partial charge in [-0.15, -0.1) is 11.3 Å². The second kappa shape index (κ2) is 5.84. The lowest BCUT2D eigenvalue weighted by molar-refractivity contribution is 0.485. The molecule has 5 heteroatoms. The van der Waals surface area contributed by atoms with Gasteiger partial charge in [0.25, 0.3) is 0 Å². The highest BCUT2D eigenvalue weighted by Gasteiger charge is 2.15. The van der Waals surface area contributed by atoms with Crippen LogP contribution in [0.2, 0.25) is 0 Å². The van der Waals surface area contributed by atoms with E-state index < -0.39 is 0 Å². The van der Waals surface area contributed by atoms with Gasteiger partial charge in [0.1, 0.15) is 0 Å². The van der Waals surface area contributed by atoms with Crippen LogP contribution >= 0.6 is 11.3 Å². The molecular weight excluding hydrogens is 256 g/mol. The molecule has 0 saturated carbocycles. The monoisotopic (exact) mass is 278 g/mol. The van der Waals surface area contributed by atoms with E-state index >= 15 is 0 Å². The summed E-state index contributed by atoms with van der Waals surface area (Å²) >= 11 is 1.70. The van der Waals surface area contributed by atoms with Gasteiger partial charge in [-0.1, -0.05) is 0 Å². The molecule has 0 aromatic carbocycles. The van der Waals surface area contributed by atoms with E-state index in [9.17, 15) is 0 Å². The van der Waals surface area contributed by atoms with Crippen molar-refractivity contribution < 1.29 is 0 Å². The lowest BCUT2D eigenvalue weighted by atomic mass is 10.1.